The smallest absolute Gasteiger partial charge is 0.338 e. The first-order valence-corrected chi connectivity index (χ1v) is 9.71. The molecule has 1 aromatic rings. The number of nitrogens with zero attached hydrogens (tertiary/aromatic N) is 1. The molecular formula is C22H29NO4. The van der Waals surface area contributed by atoms with Gasteiger partial charge in [-0.05, 0) is 48.9 Å². The molecule has 27 heavy (non-hydrogen) atoms. The van der Waals surface area contributed by atoms with Crippen LogP contribution in [0.3, 0.4) is 0 Å². The van der Waals surface area contributed by atoms with Crippen molar-refractivity contribution in [3.8, 4) is 0 Å². The first kappa shape index (κ1) is 20.9. The Hall–Kier alpha value is -2.43. The zero-order valence-corrected chi connectivity index (χ0v) is 16.5. The van der Waals surface area contributed by atoms with Crippen molar-refractivity contribution in [2.24, 2.45) is 10.4 Å². The average Bonchev–Trinajstić information content (AvgIpc) is 2.67. The van der Waals surface area contributed by atoms with Gasteiger partial charge in [0.15, 0.2) is 5.78 Å². The SMILES string of the molecule is CCCCOC(=O)c1ccc(N=CC2=C(O)CC(CC)(CC)CC2=O)cc1. The van der Waals surface area contributed by atoms with E-state index in [0.717, 1.165) is 25.7 Å². The Morgan fingerprint density at radius 1 is 1.19 bits per heavy atom. The number of aliphatic hydroxyl groups is 1. The van der Waals surface area contributed by atoms with Crippen LogP contribution < -0.4 is 0 Å². The van der Waals surface area contributed by atoms with Crippen molar-refractivity contribution in [1.29, 1.82) is 0 Å². The summed E-state index contributed by atoms with van der Waals surface area (Å²) in [5.74, 6) is -0.297. The van der Waals surface area contributed by atoms with Crippen LogP contribution in [0.15, 0.2) is 40.6 Å². The molecule has 1 aliphatic rings. The highest BCUT2D eigenvalue weighted by Crippen LogP contribution is 2.41. The summed E-state index contributed by atoms with van der Waals surface area (Å²) in [6, 6.07) is 6.69. The lowest BCUT2D eigenvalue weighted by Crippen LogP contribution is -2.30. The highest BCUT2D eigenvalue weighted by atomic mass is 16.5. The third-order valence-electron chi connectivity index (χ3n) is 5.37. The van der Waals surface area contributed by atoms with Crippen LogP contribution in [-0.4, -0.2) is 29.7 Å². The number of Topliss-reactive ketones (excluding diaryl/α,β-unsaturated/α-hetero) is 1. The molecule has 0 radical (unpaired) electrons. The molecule has 1 aromatic carbocycles. The van der Waals surface area contributed by atoms with Gasteiger partial charge in [0.05, 0.1) is 23.4 Å². The number of esters is 1. The van der Waals surface area contributed by atoms with Crippen LogP contribution in [0.5, 0.6) is 0 Å². The van der Waals surface area contributed by atoms with E-state index in [0.29, 0.717) is 30.7 Å². The Morgan fingerprint density at radius 3 is 2.41 bits per heavy atom. The fourth-order valence-corrected chi connectivity index (χ4v) is 3.22. The van der Waals surface area contributed by atoms with Crippen LogP contribution in [-0.2, 0) is 9.53 Å². The molecule has 1 N–H and O–H groups in total. The molecule has 0 saturated carbocycles. The van der Waals surface area contributed by atoms with Gasteiger partial charge in [-0.1, -0.05) is 27.2 Å². The molecule has 0 atom stereocenters. The molecule has 0 fully saturated rings. The Bertz CT molecular complexity index is 727. The van der Waals surface area contributed by atoms with Crippen molar-refractivity contribution in [2.45, 2.75) is 59.3 Å². The van der Waals surface area contributed by atoms with Crippen LogP contribution in [0.4, 0.5) is 5.69 Å². The number of aliphatic hydroxyl groups excluding tert-OH is 1. The second kappa shape index (κ2) is 9.49. The minimum atomic E-state index is -0.350. The van der Waals surface area contributed by atoms with Gasteiger partial charge in [-0.15, -0.1) is 0 Å². The number of unbranched alkanes of at least 4 members (excludes halogenated alkanes) is 1. The van der Waals surface area contributed by atoms with E-state index in [-0.39, 0.29) is 28.5 Å². The van der Waals surface area contributed by atoms with Crippen LogP contribution in [0.2, 0.25) is 0 Å². The lowest BCUT2D eigenvalue weighted by molar-refractivity contribution is -0.118. The molecular weight excluding hydrogens is 342 g/mol. The van der Waals surface area contributed by atoms with Crippen molar-refractivity contribution in [3.05, 3.63) is 41.2 Å². The number of rotatable bonds is 8. The molecule has 0 bridgehead atoms. The molecule has 0 heterocycles. The summed E-state index contributed by atoms with van der Waals surface area (Å²) < 4.78 is 5.17. The first-order chi connectivity index (χ1) is 12.9. The average molecular weight is 371 g/mol. The van der Waals surface area contributed by atoms with E-state index in [1.807, 2.05) is 6.92 Å². The van der Waals surface area contributed by atoms with E-state index in [4.69, 9.17) is 4.74 Å². The monoisotopic (exact) mass is 371 g/mol. The maximum absolute atomic E-state index is 12.5. The van der Waals surface area contributed by atoms with Crippen LogP contribution in [0, 0.1) is 5.41 Å². The molecule has 5 nitrogen and oxygen atoms in total. The van der Waals surface area contributed by atoms with Gasteiger partial charge in [0.2, 0.25) is 0 Å². The fourth-order valence-electron chi connectivity index (χ4n) is 3.22. The Morgan fingerprint density at radius 2 is 1.85 bits per heavy atom. The number of carbonyl (C=O) groups is 2. The van der Waals surface area contributed by atoms with Gasteiger partial charge in [-0.3, -0.25) is 9.79 Å². The van der Waals surface area contributed by atoms with E-state index in [9.17, 15) is 14.7 Å². The summed E-state index contributed by atoms with van der Waals surface area (Å²) in [6.45, 7) is 6.56. The third kappa shape index (κ3) is 5.28. The zero-order valence-electron chi connectivity index (χ0n) is 16.5. The van der Waals surface area contributed by atoms with E-state index < -0.39 is 0 Å². The summed E-state index contributed by atoms with van der Waals surface area (Å²) in [5.41, 5.74) is 1.22. The Balaban J connectivity index is 2.07. The summed E-state index contributed by atoms with van der Waals surface area (Å²) in [7, 11) is 0. The van der Waals surface area contributed by atoms with Crippen molar-refractivity contribution in [3.63, 3.8) is 0 Å². The molecule has 146 valence electrons. The van der Waals surface area contributed by atoms with Crippen LogP contribution in [0.25, 0.3) is 0 Å². The summed E-state index contributed by atoms with van der Waals surface area (Å²) in [4.78, 5) is 28.6. The van der Waals surface area contributed by atoms with E-state index >= 15 is 0 Å². The molecule has 1 aliphatic carbocycles. The lowest BCUT2D eigenvalue weighted by atomic mass is 9.70. The predicted octanol–water partition coefficient (Wildman–Crippen LogP) is 5.33. The van der Waals surface area contributed by atoms with Gasteiger partial charge >= 0.3 is 5.97 Å². The molecule has 0 unspecified atom stereocenters. The topological polar surface area (TPSA) is 76.0 Å². The van der Waals surface area contributed by atoms with Gasteiger partial charge in [-0.25, -0.2) is 4.79 Å². The van der Waals surface area contributed by atoms with Gasteiger partial charge in [0.25, 0.3) is 0 Å². The van der Waals surface area contributed by atoms with Crippen molar-refractivity contribution < 1.29 is 19.4 Å². The first-order valence-electron chi connectivity index (χ1n) is 9.71. The van der Waals surface area contributed by atoms with Gasteiger partial charge in [-0.2, -0.15) is 0 Å². The number of carbonyl (C=O) groups excluding carboxylic acids is 2. The van der Waals surface area contributed by atoms with E-state index in [1.165, 1.54) is 6.21 Å². The number of aliphatic imine (C=N–C) groups is 1. The van der Waals surface area contributed by atoms with Gasteiger partial charge in [0, 0.05) is 19.1 Å². The number of ketones is 1. The number of ether oxygens (including phenoxy) is 1. The van der Waals surface area contributed by atoms with Crippen molar-refractivity contribution in [1.82, 2.24) is 0 Å². The van der Waals surface area contributed by atoms with E-state index in [2.05, 4.69) is 18.8 Å². The van der Waals surface area contributed by atoms with Gasteiger partial charge in [0.1, 0.15) is 5.76 Å². The molecule has 0 amide bonds. The quantitative estimate of drug-likeness (QED) is 0.381. The molecule has 0 aromatic heterocycles. The maximum Gasteiger partial charge on any atom is 0.338 e. The molecule has 5 heteroatoms. The minimum Gasteiger partial charge on any atom is -0.511 e. The lowest BCUT2D eigenvalue weighted by Gasteiger charge is -2.34. The highest BCUT2D eigenvalue weighted by molar-refractivity contribution is 6.15. The van der Waals surface area contributed by atoms with Crippen LogP contribution in [0.1, 0.15) is 69.7 Å². The van der Waals surface area contributed by atoms with E-state index in [1.54, 1.807) is 24.3 Å². The third-order valence-corrected chi connectivity index (χ3v) is 5.37. The normalized spacial score (nSPS) is 16.8. The largest absolute Gasteiger partial charge is 0.511 e. The maximum atomic E-state index is 12.5. The van der Waals surface area contributed by atoms with Crippen LogP contribution >= 0.6 is 0 Å². The summed E-state index contributed by atoms with van der Waals surface area (Å²) in [6.07, 6.45) is 5.92. The summed E-state index contributed by atoms with van der Waals surface area (Å²) in [5, 5.41) is 10.3. The van der Waals surface area contributed by atoms with Gasteiger partial charge < -0.3 is 9.84 Å². The molecule has 0 spiro atoms. The standard InChI is InChI=1S/C22H29NO4/c1-4-7-12-27-21(26)16-8-10-17(11-9-16)23-15-18-19(24)13-22(5-2,6-3)14-20(18)25/h8-11,15,24H,4-7,12-14H2,1-3H3. The fraction of sp³-hybridized carbons (Fsp3) is 0.500. The van der Waals surface area contributed by atoms with Crippen molar-refractivity contribution >= 4 is 23.7 Å². The minimum absolute atomic E-state index is 0.0673. The molecule has 0 saturated heterocycles. The second-order valence-electron chi connectivity index (χ2n) is 7.14. The molecule has 0 aliphatic heterocycles. The van der Waals surface area contributed by atoms with Crippen molar-refractivity contribution in [2.75, 3.05) is 6.61 Å². The predicted molar refractivity (Wildman–Crippen MR) is 107 cm³/mol. The highest BCUT2D eigenvalue weighted by Gasteiger charge is 2.36. The number of hydrogen-bond donors (Lipinski definition) is 1. The zero-order chi connectivity index (χ0) is 19.9. The summed E-state index contributed by atoms with van der Waals surface area (Å²) >= 11 is 0. The molecule has 2 rings (SSSR count). The second-order valence-corrected chi connectivity index (χ2v) is 7.14. The Kier molecular flexibility index (Phi) is 7.34. The number of hydrogen-bond acceptors (Lipinski definition) is 5. The number of benzene rings is 1. The number of allylic oxidation sites excluding steroid dienone is 2. The Labute approximate surface area is 161 Å².